The van der Waals surface area contributed by atoms with Crippen LogP contribution in [0.25, 0.3) is 11.3 Å². The van der Waals surface area contributed by atoms with Crippen molar-refractivity contribution in [2.45, 2.75) is 68.7 Å². The summed E-state index contributed by atoms with van der Waals surface area (Å²) in [5.74, 6) is 2.07. The highest BCUT2D eigenvalue weighted by atomic mass is 16.2. The molecule has 7 rings (SSSR count). The molecule has 0 spiro atoms. The summed E-state index contributed by atoms with van der Waals surface area (Å²) >= 11 is 0. The third kappa shape index (κ3) is 7.54. The highest BCUT2D eigenvalue weighted by Gasteiger charge is 2.39. The van der Waals surface area contributed by atoms with Gasteiger partial charge in [-0.2, -0.15) is 0 Å². The molecule has 272 valence electrons. The van der Waals surface area contributed by atoms with Crippen molar-refractivity contribution >= 4 is 17.6 Å². The Morgan fingerprint density at radius 2 is 1.33 bits per heavy atom. The topological polar surface area (TPSA) is 100 Å². The number of likely N-dealkylation sites (N-methyl/N-ethyl adjacent to an activating group) is 2. The molecule has 4 heterocycles. The molecule has 1 aromatic heterocycles. The van der Waals surface area contributed by atoms with Gasteiger partial charge >= 0.3 is 0 Å². The first kappa shape index (κ1) is 35.6. The first-order valence-corrected chi connectivity index (χ1v) is 18.8. The zero-order valence-electron chi connectivity index (χ0n) is 30.9. The molecule has 3 aromatic carbocycles. The maximum Gasteiger partial charge on any atom is 0.245 e. The van der Waals surface area contributed by atoms with E-state index in [0.717, 1.165) is 92.2 Å². The van der Waals surface area contributed by atoms with Crippen molar-refractivity contribution in [3.63, 3.8) is 0 Å². The van der Waals surface area contributed by atoms with Crippen LogP contribution in [0.1, 0.15) is 72.7 Å². The predicted octanol–water partition coefficient (Wildman–Crippen LogP) is 5.64. The molecule has 2 amide bonds. The number of amides is 2. The van der Waals surface area contributed by atoms with Crippen molar-refractivity contribution < 1.29 is 9.59 Å². The minimum Gasteiger partial charge on any atom is -0.367 e. The second-order valence-corrected chi connectivity index (χ2v) is 14.9. The number of H-pyrrole nitrogens is 1. The van der Waals surface area contributed by atoms with E-state index in [1.165, 1.54) is 5.56 Å². The van der Waals surface area contributed by atoms with Crippen LogP contribution in [-0.4, -0.2) is 107 Å². The summed E-state index contributed by atoms with van der Waals surface area (Å²) in [4.78, 5) is 49.0. The van der Waals surface area contributed by atoms with Gasteiger partial charge in [0.05, 0.1) is 30.5 Å². The number of aryl methyl sites for hydroxylation is 1. The van der Waals surface area contributed by atoms with Gasteiger partial charge < -0.3 is 20.1 Å². The van der Waals surface area contributed by atoms with Crippen LogP contribution in [0.5, 0.6) is 0 Å². The van der Waals surface area contributed by atoms with E-state index in [1.807, 2.05) is 115 Å². The van der Waals surface area contributed by atoms with Gasteiger partial charge in [0.15, 0.2) is 0 Å². The second-order valence-electron chi connectivity index (χ2n) is 14.9. The van der Waals surface area contributed by atoms with E-state index in [9.17, 15) is 9.59 Å². The number of carbonyl (C=O) groups is 2. The van der Waals surface area contributed by atoms with Crippen LogP contribution >= 0.6 is 0 Å². The Kier molecular flexibility index (Phi) is 10.8. The molecular weight excluding hydrogens is 649 g/mol. The smallest absolute Gasteiger partial charge is 0.245 e. The fourth-order valence-electron chi connectivity index (χ4n) is 8.26. The number of likely N-dealkylation sites (tertiary alicyclic amines) is 2. The maximum absolute atomic E-state index is 13.9. The summed E-state index contributed by atoms with van der Waals surface area (Å²) in [5.41, 5.74) is 5.34. The van der Waals surface area contributed by atoms with Crippen molar-refractivity contribution in [2.24, 2.45) is 4.99 Å². The van der Waals surface area contributed by atoms with Gasteiger partial charge in [-0.15, -0.1) is 0 Å². The largest absolute Gasteiger partial charge is 0.367 e. The fraction of sp³-hybridized carbons (Fsp3) is 0.429. The molecule has 4 aromatic rings. The van der Waals surface area contributed by atoms with Gasteiger partial charge in [0, 0.05) is 19.1 Å². The molecule has 0 bridgehead atoms. The Morgan fingerprint density at radius 1 is 0.769 bits per heavy atom. The summed E-state index contributed by atoms with van der Waals surface area (Å²) in [7, 11) is 7.88. The van der Waals surface area contributed by atoms with Crippen LogP contribution in [0.2, 0.25) is 0 Å². The van der Waals surface area contributed by atoms with E-state index in [0.29, 0.717) is 0 Å². The number of imidazole rings is 1. The summed E-state index contributed by atoms with van der Waals surface area (Å²) in [6, 6.07) is 28.3. The van der Waals surface area contributed by atoms with Gasteiger partial charge in [-0.25, -0.2) is 4.98 Å². The third-order valence-corrected chi connectivity index (χ3v) is 10.9. The van der Waals surface area contributed by atoms with Crippen LogP contribution in [0, 0.1) is 0 Å². The van der Waals surface area contributed by atoms with Crippen LogP contribution in [0.4, 0.5) is 0 Å². The Morgan fingerprint density at radius 3 is 1.90 bits per heavy atom. The normalized spacial score (nSPS) is 21.4. The van der Waals surface area contributed by atoms with Crippen LogP contribution in [-0.2, 0) is 16.0 Å². The van der Waals surface area contributed by atoms with Gasteiger partial charge in [-0.1, -0.05) is 84.9 Å². The molecule has 10 heteroatoms. The first-order chi connectivity index (χ1) is 25.3. The van der Waals surface area contributed by atoms with Crippen LogP contribution < -0.4 is 5.32 Å². The standard InChI is InChI=1S/C42H52N8O2/c1-47(2)37(31-13-7-5-8-14-31)41(51)49-25-11-17-35(49)39-43-27-33(45-39)24-21-29-19-22-30(23-20-29)34-28-44-40(46-34)36-18-12-26-50(36)42(52)38(48(3)4)32-15-9-6-10-16-32/h5-10,13-16,19-20,22-23,28,33,35-38H,11-12,17-18,21,24-27H2,1-4H3,(H,43,45)(H,44,46)/t33?,35-,36-,37+,38+/m0/s1. The lowest BCUT2D eigenvalue weighted by molar-refractivity contribution is -0.137. The van der Waals surface area contributed by atoms with Crippen LogP contribution in [0.15, 0.2) is 96.1 Å². The molecule has 0 radical (unpaired) electrons. The molecule has 0 aliphatic carbocycles. The number of rotatable bonds is 12. The number of benzene rings is 3. The Hall–Kier alpha value is -4.80. The molecule has 5 atom stereocenters. The van der Waals surface area contributed by atoms with E-state index >= 15 is 0 Å². The Labute approximate surface area is 307 Å². The number of aromatic amines is 1. The zero-order chi connectivity index (χ0) is 36.2. The lowest BCUT2D eigenvalue weighted by Crippen LogP contribution is -2.49. The highest BCUT2D eigenvalue weighted by molar-refractivity contribution is 5.94. The average molecular weight is 701 g/mol. The van der Waals surface area contributed by atoms with Gasteiger partial charge in [-0.3, -0.25) is 24.4 Å². The Balaban J connectivity index is 0.935. The first-order valence-electron chi connectivity index (χ1n) is 18.8. The van der Waals surface area contributed by atoms with E-state index in [4.69, 9.17) is 9.98 Å². The maximum atomic E-state index is 13.9. The second kappa shape index (κ2) is 15.8. The number of amidine groups is 1. The van der Waals surface area contributed by atoms with Crippen molar-refractivity contribution in [1.29, 1.82) is 0 Å². The lowest BCUT2D eigenvalue weighted by Gasteiger charge is -2.32. The molecule has 3 aliphatic heterocycles. The summed E-state index contributed by atoms with van der Waals surface area (Å²) < 4.78 is 0. The van der Waals surface area contributed by atoms with Gasteiger partial charge in [0.2, 0.25) is 11.8 Å². The van der Waals surface area contributed by atoms with Gasteiger partial charge in [-0.05, 0) is 89.0 Å². The van der Waals surface area contributed by atoms with Crippen molar-refractivity contribution in [2.75, 3.05) is 47.8 Å². The number of nitrogens with one attached hydrogen (secondary N) is 2. The predicted molar refractivity (Wildman–Crippen MR) is 206 cm³/mol. The SMILES string of the molecule is CN(C)[C@@H](C(=O)N1CCC[C@H]1C1=NCC(CCc2ccc(-c3cnc([C@@H]4CCCN4C(=O)[C@@H](c4ccccc4)N(C)C)[nH]3)cc2)N1)c1ccccc1. The molecule has 1 unspecified atom stereocenters. The van der Waals surface area contributed by atoms with Crippen molar-refractivity contribution in [3.05, 3.63) is 114 Å². The fourth-order valence-corrected chi connectivity index (χ4v) is 8.26. The molecule has 3 aliphatic rings. The molecular formula is C42H52N8O2. The average Bonchev–Trinajstić information content (AvgIpc) is 3.98. The molecule has 10 nitrogen and oxygen atoms in total. The monoisotopic (exact) mass is 700 g/mol. The molecule has 2 N–H and O–H groups in total. The molecule has 2 saturated heterocycles. The quantitative estimate of drug-likeness (QED) is 0.199. The minimum atomic E-state index is -0.330. The number of aromatic nitrogens is 2. The lowest BCUT2D eigenvalue weighted by atomic mass is 10.0. The highest BCUT2D eigenvalue weighted by Crippen LogP contribution is 2.35. The number of hydrogen-bond donors (Lipinski definition) is 2. The molecule has 2 fully saturated rings. The number of aliphatic imine (C=N–C) groups is 1. The molecule has 52 heavy (non-hydrogen) atoms. The summed E-state index contributed by atoms with van der Waals surface area (Å²) in [5, 5.41) is 3.69. The zero-order valence-corrected chi connectivity index (χ0v) is 30.9. The number of carbonyl (C=O) groups excluding carboxylic acids is 2. The minimum absolute atomic E-state index is 0.00921. The van der Waals surface area contributed by atoms with E-state index in [1.54, 1.807) is 0 Å². The number of hydrogen-bond acceptors (Lipinski definition) is 7. The Bertz CT molecular complexity index is 1840. The third-order valence-electron chi connectivity index (χ3n) is 10.9. The number of nitrogens with zero attached hydrogens (tertiary/aromatic N) is 6. The van der Waals surface area contributed by atoms with E-state index < -0.39 is 0 Å². The van der Waals surface area contributed by atoms with Gasteiger partial charge in [0.25, 0.3) is 0 Å². The van der Waals surface area contributed by atoms with Crippen molar-refractivity contribution in [3.8, 4) is 11.3 Å². The summed E-state index contributed by atoms with van der Waals surface area (Å²) in [6.07, 6.45) is 7.58. The van der Waals surface area contributed by atoms with Crippen molar-refractivity contribution in [1.82, 2.24) is 34.9 Å². The van der Waals surface area contributed by atoms with Gasteiger partial charge in [0.1, 0.15) is 23.7 Å². The van der Waals surface area contributed by atoms with E-state index in [2.05, 4.69) is 34.6 Å². The molecule has 0 saturated carbocycles. The van der Waals surface area contributed by atoms with E-state index in [-0.39, 0.29) is 42.0 Å². The summed E-state index contributed by atoms with van der Waals surface area (Å²) in [6.45, 7) is 2.23. The van der Waals surface area contributed by atoms with Crippen LogP contribution in [0.3, 0.4) is 0 Å².